The Morgan fingerprint density at radius 2 is 2.00 bits per heavy atom. The fraction of sp³-hybridized carbons (Fsp3) is 0.812. The second kappa shape index (κ2) is 6.60. The fourth-order valence-corrected chi connectivity index (χ4v) is 4.20. The standard InChI is InChI=1S/C16H26N4OS/c1-10-6-4-5-7-14(10)17-15(21)11(2)22-16-19-18-12(3)20(16)13-8-9-13/h10-11,13-14H,4-9H2,1-3H3,(H,17,21)/t10-,11-,14-/m0/s1. The molecule has 0 bridgehead atoms. The Hall–Kier alpha value is -1.04. The highest BCUT2D eigenvalue weighted by atomic mass is 32.2. The molecule has 1 heterocycles. The van der Waals surface area contributed by atoms with Gasteiger partial charge in [-0.05, 0) is 45.4 Å². The number of aromatic nitrogens is 3. The summed E-state index contributed by atoms with van der Waals surface area (Å²) in [5, 5.41) is 12.4. The summed E-state index contributed by atoms with van der Waals surface area (Å²) in [6.45, 7) is 6.20. The maximum Gasteiger partial charge on any atom is 0.233 e. The SMILES string of the molecule is Cc1nnc(S[C@@H](C)C(=O)N[C@H]2CCCC[C@@H]2C)n1C1CC1. The molecule has 0 saturated heterocycles. The molecule has 1 amide bonds. The molecule has 6 heteroatoms. The molecule has 1 aromatic heterocycles. The Kier molecular flexibility index (Phi) is 4.76. The van der Waals surface area contributed by atoms with Gasteiger partial charge >= 0.3 is 0 Å². The number of nitrogens with zero attached hydrogens (tertiary/aromatic N) is 3. The Morgan fingerprint density at radius 1 is 1.27 bits per heavy atom. The average Bonchev–Trinajstić information content (AvgIpc) is 3.26. The third-order valence-corrected chi connectivity index (χ3v) is 5.89. The lowest BCUT2D eigenvalue weighted by Crippen LogP contribution is -2.44. The van der Waals surface area contributed by atoms with E-state index in [4.69, 9.17) is 0 Å². The molecule has 2 saturated carbocycles. The van der Waals surface area contributed by atoms with E-state index in [1.807, 2.05) is 13.8 Å². The molecule has 22 heavy (non-hydrogen) atoms. The van der Waals surface area contributed by atoms with E-state index in [9.17, 15) is 4.79 Å². The smallest absolute Gasteiger partial charge is 0.233 e. The van der Waals surface area contributed by atoms with Gasteiger partial charge in [-0.2, -0.15) is 0 Å². The van der Waals surface area contributed by atoms with Crippen LogP contribution in [-0.4, -0.2) is 32.0 Å². The molecule has 2 aliphatic carbocycles. The Morgan fingerprint density at radius 3 is 2.68 bits per heavy atom. The first-order chi connectivity index (χ1) is 10.6. The van der Waals surface area contributed by atoms with E-state index in [0.717, 1.165) is 17.4 Å². The van der Waals surface area contributed by atoms with Crippen LogP contribution in [0.3, 0.4) is 0 Å². The number of amides is 1. The Labute approximate surface area is 136 Å². The number of carbonyl (C=O) groups is 1. The molecule has 0 aromatic carbocycles. The molecule has 5 nitrogen and oxygen atoms in total. The number of rotatable bonds is 5. The lowest BCUT2D eigenvalue weighted by molar-refractivity contribution is -0.121. The van der Waals surface area contributed by atoms with Crippen LogP contribution in [0.15, 0.2) is 5.16 Å². The Balaban J connectivity index is 1.59. The molecular weight excluding hydrogens is 296 g/mol. The van der Waals surface area contributed by atoms with E-state index in [2.05, 4.69) is 27.0 Å². The van der Waals surface area contributed by atoms with Gasteiger partial charge in [0.1, 0.15) is 5.82 Å². The highest BCUT2D eigenvalue weighted by molar-refractivity contribution is 8.00. The largest absolute Gasteiger partial charge is 0.352 e. The van der Waals surface area contributed by atoms with Crippen molar-refractivity contribution in [2.45, 2.75) is 81.8 Å². The lowest BCUT2D eigenvalue weighted by atomic mass is 9.86. The van der Waals surface area contributed by atoms with Crippen LogP contribution in [0.5, 0.6) is 0 Å². The van der Waals surface area contributed by atoms with E-state index in [1.165, 1.54) is 43.9 Å². The number of nitrogens with one attached hydrogen (secondary N) is 1. The summed E-state index contributed by atoms with van der Waals surface area (Å²) >= 11 is 1.53. The summed E-state index contributed by atoms with van der Waals surface area (Å²) in [5.41, 5.74) is 0. The third kappa shape index (κ3) is 3.47. The van der Waals surface area contributed by atoms with Gasteiger partial charge in [0.15, 0.2) is 5.16 Å². The molecule has 0 radical (unpaired) electrons. The van der Waals surface area contributed by atoms with Crippen LogP contribution in [0.2, 0.25) is 0 Å². The number of carbonyl (C=O) groups excluding carboxylic acids is 1. The number of aryl methyl sites for hydroxylation is 1. The molecular formula is C16H26N4OS. The van der Waals surface area contributed by atoms with Crippen molar-refractivity contribution in [3.8, 4) is 0 Å². The first kappa shape index (κ1) is 15.8. The zero-order valence-corrected chi connectivity index (χ0v) is 14.5. The monoisotopic (exact) mass is 322 g/mol. The van der Waals surface area contributed by atoms with Crippen LogP contribution in [0.4, 0.5) is 0 Å². The van der Waals surface area contributed by atoms with E-state index in [-0.39, 0.29) is 11.2 Å². The predicted octanol–water partition coefficient (Wildman–Crippen LogP) is 3.10. The maximum absolute atomic E-state index is 12.5. The van der Waals surface area contributed by atoms with Gasteiger partial charge in [-0.1, -0.05) is 31.5 Å². The van der Waals surface area contributed by atoms with Crippen molar-refractivity contribution in [1.29, 1.82) is 0 Å². The second-order valence-corrected chi connectivity index (χ2v) is 8.08. The minimum absolute atomic E-state index is 0.129. The van der Waals surface area contributed by atoms with Crippen LogP contribution in [0.25, 0.3) is 0 Å². The average molecular weight is 322 g/mol. The summed E-state index contributed by atoms with van der Waals surface area (Å²) in [7, 11) is 0. The predicted molar refractivity (Wildman–Crippen MR) is 87.9 cm³/mol. The molecule has 1 aromatic rings. The van der Waals surface area contributed by atoms with Gasteiger partial charge in [-0.15, -0.1) is 10.2 Å². The number of thioether (sulfide) groups is 1. The van der Waals surface area contributed by atoms with Gasteiger partial charge in [-0.3, -0.25) is 4.79 Å². The quantitative estimate of drug-likeness (QED) is 0.846. The van der Waals surface area contributed by atoms with Crippen LogP contribution in [-0.2, 0) is 4.79 Å². The first-order valence-electron chi connectivity index (χ1n) is 8.44. The van der Waals surface area contributed by atoms with Gasteiger partial charge in [0.2, 0.25) is 5.91 Å². The summed E-state index contributed by atoms with van der Waals surface area (Å²) in [6, 6.07) is 0.887. The number of hydrogen-bond acceptors (Lipinski definition) is 4. The van der Waals surface area contributed by atoms with Gasteiger partial charge in [0.05, 0.1) is 5.25 Å². The third-order valence-electron chi connectivity index (χ3n) is 4.84. The lowest BCUT2D eigenvalue weighted by Gasteiger charge is -2.30. The second-order valence-electron chi connectivity index (χ2n) is 6.77. The summed E-state index contributed by atoms with van der Waals surface area (Å²) in [6.07, 6.45) is 7.26. The van der Waals surface area contributed by atoms with Crippen molar-refractivity contribution in [1.82, 2.24) is 20.1 Å². The fourth-order valence-electron chi connectivity index (χ4n) is 3.23. The van der Waals surface area contributed by atoms with Crippen LogP contribution >= 0.6 is 11.8 Å². The summed E-state index contributed by atoms with van der Waals surface area (Å²) in [4.78, 5) is 12.5. The minimum Gasteiger partial charge on any atom is -0.352 e. The van der Waals surface area contributed by atoms with E-state index < -0.39 is 0 Å². The van der Waals surface area contributed by atoms with Crippen LogP contribution in [0.1, 0.15) is 64.2 Å². The highest BCUT2D eigenvalue weighted by Gasteiger charge is 2.30. The summed E-state index contributed by atoms with van der Waals surface area (Å²) in [5.74, 6) is 1.68. The van der Waals surface area contributed by atoms with Gasteiger partial charge < -0.3 is 9.88 Å². The molecule has 0 aliphatic heterocycles. The molecule has 0 unspecified atom stereocenters. The zero-order valence-electron chi connectivity index (χ0n) is 13.7. The first-order valence-corrected chi connectivity index (χ1v) is 9.32. The maximum atomic E-state index is 12.5. The van der Waals surface area contributed by atoms with Crippen LogP contribution in [0, 0.1) is 12.8 Å². The van der Waals surface area contributed by atoms with E-state index in [0.29, 0.717) is 18.0 Å². The zero-order chi connectivity index (χ0) is 15.7. The van der Waals surface area contributed by atoms with Crippen molar-refractivity contribution in [3.63, 3.8) is 0 Å². The molecule has 2 aliphatic rings. The molecule has 3 atom stereocenters. The van der Waals surface area contributed by atoms with Crippen molar-refractivity contribution < 1.29 is 4.79 Å². The highest BCUT2D eigenvalue weighted by Crippen LogP contribution is 2.39. The van der Waals surface area contributed by atoms with Crippen molar-refractivity contribution in [2.75, 3.05) is 0 Å². The summed E-state index contributed by atoms with van der Waals surface area (Å²) < 4.78 is 2.19. The van der Waals surface area contributed by atoms with E-state index in [1.54, 1.807) is 0 Å². The van der Waals surface area contributed by atoms with Gasteiger partial charge in [0, 0.05) is 12.1 Å². The van der Waals surface area contributed by atoms with Gasteiger partial charge in [-0.25, -0.2) is 0 Å². The molecule has 0 spiro atoms. The molecule has 2 fully saturated rings. The van der Waals surface area contributed by atoms with Gasteiger partial charge in [0.25, 0.3) is 0 Å². The van der Waals surface area contributed by atoms with Crippen molar-refractivity contribution >= 4 is 17.7 Å². The van der Waals surface area contributed by atoms with Crippen molar-refractivity contribution in [2.24, 2.45) is 5.92 Å². The number of hydrogen-bond donors (Lipinski definition) is 1. The molecule has 1 N–H and O–H groups in total. The van der Waals surface area contributed by atoms with Crippen molar-refractivity contribution in [3.05, 3.63) is 5.82 Å². The Bertz CT molecular complexity index is 540. The normalized spacial score (nSPS) is 26.7. The molecule has 3 rings (SSSR count). The molecule has 122 valence electrons. The van der Waals surface area contributed by atoms with Crippen LogP contribution < -0.4 is 5.32 Å². The van der Waals surface area contributed by atoms with E-state index >= 15 is 0 Å². The topological polar surface area (TPSA) is 59.8 Å². The minimum atomic E-state index is -0.129.